The fraction of sp³-hybridized carbons (Fsp3) is 0.118. The van der Waals surface area contributed by atoms with Gasteiger partial charge in [-0.1, -0.05) is 29.8 Å². The summed E-state index contributed by atoms with van der Waals surface area (Å²) in [5.74, 6) is 0. The van der Waals surface area contributed by atoms with Crippen molar-refractivity contribution in [3.8, 4) is 0 Å². The minimum absolute atomic E-state index is 0.0391. The van der Waals surface area contributed by atoms with Crippen molar-refractivity contribution in [1.29, 1.82) is 0 Å². The van der Waals surface area contributed by atoms with Crippen LogP contribution in [0.1, 0.15) is 12.5 Å². The second-order valence-corrected chi connectivity index (χ2v) is 5.91. The van der Waals surface area contributed by atoms with E-state index >= 15 is 0 Å². The fourth-order valence-electron chi connectivity index (χ4n) is 2.78. The number of nitro groups is 2. The molecule has 138 valence electrons. The Labute approximate surface area is 158 Å². The van der Waals surface area contributed by atoms with E-state index < -0.39 is 15.5 Å². The SMILES string of the molecule is CCn1c(Cl)c(C=NNc2ccc([N+](=O)[O-])cc2[N+](=O)[O-])c2ccccc21. The fourth-order valence-corrected chi connectivity index (χ4v) is 3.14. The van der Waals surface area contributed by atoms with Gasteiger partial charge in [-0.3, -0.25) is 25.7 Å². The molecule has 9 nitrogen and oxygen atoms in total. The van der Waals surface area contributed by atoms with Gasteiger partial charge < -0.3 is 4.57 Å². The lowest BCUT2D eigenvalue weighted by atomic mass is 10.2. The van der Waals surface area contributed by atoms with E-state index in [1.807, 2.05) is 35.8 Å². The van der Waals surface area contributed by atoms with E-state index in [4.69, 9.17) is 11.6 Å². The maximum absolute atomic E-state index is 11.2. The summed E-state index contributed by atoms with van der Waals surface area (Å²) in [6.07, 6.45) is 1.47. The Morgan fingerprint density at radius 1 is 1.19 bits per heavy atom. The zero-order valence-electron chi connectivity index (χ0n) is 14.1. The van der Waals surface area contributed by atoms with Gasteiger partial charge in [0.05, 0.1) is 22.1 Å². The second kappa shape index (κ2) is 7.42. The average molecular weight is 388 g/mol. The lowest BCUT2D eigenvalue weighted by molar-refractivity contribution is -0.393. The van der Waals surface area contributed by atoms with Gasteiger partial charge in [0.15, 0.2) is 0 Å². The zero-order chi connectivity index (χ0) is 19.6. The first-order valence-electron chi connectivity index (χ1n) is 7.92. The van der Waals surface area contributed by atoms with E-state index in [2.05, 4.69) is 10.5 Å². The topological polar surface area (TPSA) is 116 Å². The first-order chi connectivity index (χ1) is 12.9. The van der Waals surface area contributed by atoms with Crippen molar-refractivity contribution in [2.45, 2.75) is 13.5 Å². The molecule has 2 aromatic carbocycles. The number of hydrogen-bond acceptors (Lipinski definition) is 6. The number of halogens is 1. The summed E-state index contributed by atoms with van der Waals surface area (Å²) in [4.78, 5) is 20.6. The third-order valence-electron chi connectivity index (χ3n) is 4.03. The van der Waals surface area contributed by atoms with Gasteiger partial charge in [-0.25, -0.2) is 0 Å². The number of nitrogens with one attached hydrogen (secondary N) is 1. The Morgan fingerprint density at radius 3 is 2.59 bits per heavy atom. The molecule has 1 N–H and O–H groups in total. The number of nitro benzene ring substituents is 2. The van der Waals surface area contributed by atoms with E-state index in [-0.39, 0.29) is 11.4 Å². The molecule has 0 radical (unpaired) electrons. The molecule has 27 heavy (non-hydrogen) atoms. The lowest BCUT2D eigenvalue weighted by Crippen LogP contribution is -1.99. The number of hydrogen-bond donors (Lipinski definition) is 1. The van der Waals surface area contributed by atoms with Crippen LogP contribution in [0.5, 0.6) is 0 Å². The number of nitrogens with zero attached hydrogens (tertiary/aromatic N) is 4. The average Bonchev–Trinajstić information content (AvgIpc) is 2.92. The normalized spacial score (nSPS) is 11.2. The molecule has 0 aliphatic heterocycles. The van der Waals surface area contributed by atoms with E-state index in [0.717, 1.165) is 17.0 Å². The molecule has 10 heteroatoms. The molecule has 0 atom stereocenters. The van der Waals surface area contributed by atoms with Crippen LogP contribution in [-0.4, -0.2) is 20.6 Å². The van der Waals surface area contributed by atoms with Crippen LogP contribution < -0.4 is 5.43 Å². The molecule has 0 unspecified atom stereocenters. The smallest absolute Gasteiger partial charge is 0.301 e. The van der Waals surface area contributed by atoms with Gasteiger partial charge in [0.1, 0.15) is 10.8 Å². The summed E-state index contributed by atoms with van der Waals surface area (Å²) in [7, 11) is 0. The summed E-state index contributed by atoms with van der Waals surface area (Å²) in [6, 6.07) is 10.9. The van der Waals surface area contributed by atoms with Crippen molar-refractivity contribution in [3.05, 3.63) is 73.4 Å². The number of aromatic nitrogens is 1. The number of aryl methyl sites for hydroxylation is 1. The Balaban J connectivity index is 1.95. The minimum atomic E-state index is -0.708. The van der Waals surface area contributed by atoms with Crippen LogP contribution in [0, 0.1) is 20.2 Å². The van der Waals surface area contributed by atoms with Crippen LogP contribution in [0.4, 0.5) is 17.1 Å². The molecule has 0 aliphatic carbocycles. The summed E-state index contributed by atoms with van der Waals surface area (Å²) < 4.78 is 1.92. The van der Waals surface area contributed by atoms with Crippen molar-refractivity contribution >= 4 is 45.8 Å². The molecule has 0 aliphatic rings. The van der Waals surface area contributed by atoms with Crippen LogP contribution in [0.2, 0.25) is 5.15 Å². The highest BCUT2D eigenvalue weighted by molar-refractivity contribution is 6.34. The second-order valence-electron chi connectivity index (χ2n) is 5.55. The van der Waals surface area contributed by atoms with Gasteiger partial charge in [0, 0.05) is 29.1 Å². The molecular formula is C17H14ClN5O4. The number of anilines is 1. The molecule has 0 saturated carbocycles. The number of benzene rings is 2. The van der Waals surface area contributed by atoms with Gasteiger partial charge in [-0.05, 0) is 19.1 Å². The third-order valence-corrected chi connectivity index (χ3v) is 4.44. The monoisotopic (exact) mass is 387 g/mol. The zero-order valence-corrected chi connectivity index (χ0v) is 14.9. The van der Waals surface area contributed by atoms with E-state index in [9.17, 15) is 20.2 Å². The highest BCUT2D eigenvalue weighted by atomic mass is 35.5. The standard InChI is InChI=1S/C17H14ClN5O4/c1-2-21-15-6-4-3-5-12(15)13(17(21)18)10-19-20-14-8-7-11(22(24)25)9-16(14)23(26)27/h3-10,20H,2H2,1H3. The van der Waals surface area contributed by atoms with Crippen molar-refractivity contribution < 1.29 is 9.85 Å². The molecule has 0 spiro atoms. The molecule has 3 rings (SSSR count). The number of non-ortho nitro benzene ring substituents is 1. The highest BCUT2D eigenvalue weighted by Gasteiger charge is 2.19. The van der Waals surface area contributed by atoms with Crippen LogP contribution in [-0.2, 0) is 6.54 Å². The van der Waals surface area contributed by atoms with Crippen molar-refractivity contribution in [2.24, 2.45) is 5.10 Å². The minimum Gasteiger partial charge on any atom is -0.331 e. The summed E-state index contributed by atoms with van der Waals surface area (Å²) in [5.41, 5.74) is 3.42. The Hall–Kier alpha value is -3.46. The Morgan fingerprint density at radius 2 is 1.93 bits per heavy atom. The van der Waals surface area contributed by atoms with Crippen molar-refractivity contribution in [3.63, 3.8) is 0 Å². The van der Waals surface area contributed by atoms with Crippen molar-refractivity contribution in [1.82, 2.24) is 4.57 Å². The number of para-hydroxylation sites is 1. The summed E-state index contributed by atoms with van der Waals surface area (Å²) in [6.45, 7) is 2.65. The van der Waals surface area contributed by atoms with Gasteiger partial charge in [0.2, 0.25) is 0 Å². The third kappa shape index (κ3) is 3.44. The van der Waals surface area contributed by atoms with Crippen LogP contribution in [0.15, 0.2) is 47.6 Å². The Kier molecular flexibility index (Phi) is 5.04. The van der Waals surface area contributed by atoms with Crippen molar-refractivity contribution in [2.75, 3.05) is 5.43 Å². The molecular weight excluding hydrogens is 374 g/mol. The Bertz CT molecular complexity index is 1080. The molecule has 1 aromatic heterocycles. The van der Waals surface area contributed by atoms with E-state index in [1.165, 1.54) is 18.3 Å². The maximum atomic E-state index is 11.2. The van der Waals surface area contributed by atoms with E-state index in [0.29, 0.717) is 17.3 Å². The first kappa shape index (κ1) is 18.3. The van der Waals surface area contributed by atoms with Gasteiger partial charge in [-0.2, -0.15) is 5.10 Å². The number of hydrazone groups is 1. The largest absolute Gasteiger partial charge is 0.331 e. The molecule has 0 fully saturated rings. The molecule has 0 bridgehead atoms. The quantitative estimate of drug-likeness (QED) is 0.377. The summed E-state index contributed by atoms with van der Waals surface area (Å²) >= 11 is 6.43. The first-order valence-corrected chi connectivity index (χ1v) is 8.30. The van der Waals surface area contributed by atoms with Crippen LogP contribution in [0.25, 0.3) is 10.9 Å². The predicted octanol–water partition coefficient (Wildman–Crippen LogP) is 4.58. The maximum Gasteiger partial charge on any atom is 0.301 e. The molecule has 1 heterocycles. The van der Waals surface area contributed by atoms with Gasteiger partial charge >= 0.3 is 5.69 Å². The van der Waals surface area contributed by atoms with Gasteiger partial charge in [0.25, 0.3) is 5.69 Å². The molecule has 3 aromatic rings. The summed E-state index contributed by atoms with van der Waals surface area (Å²) in [5, 5.41) is 27.4. The van der Waals surface area contributed by atoms with Crippen LogP contribution in [0.3, 0.4) is 0 Å². The number of rotatable bonds is 6. The van der Waals surface area contributed by atoms with Gasteiger partial charge in [-0.15, -0.1) is 0 Å². The predicted molar refractivity (Wildman–Crippen MR) is 104 cm³/mol. The van der Waals surface area contributed by atoms with E-state index in [1.54, 1.807) is 0 Å². The lowest BCUT2D eigenvalue weighted by Gasteiger charge is -2.02. The molecule has 0 saturated heterocycles. The number of fused-ring (bicyclic) bond motifs is 1. The van der Waals surface area contributed by atoms with Crippen LogP contribution >= 0.6 is 11.6 Å². The molecule has 0 amide bonds. The highest BCUT2D eigenvalue weighted by Crippen LogP contribution is 2.30.